The second-order valence-electron chi connectivity index (χ2n) is 9.10. The summed E-state index contributed by atoms with van der Waals surface area (Å²) in [5.41, 5.74) is 4.42. The van der Waals surface area contributed by atoms with Gasteiger partial charge in [0.25, 0.3) is 5.91 Å². The van der Waals surface area contributed by atoms with Gasteiger partial charge in [0.05, 0.1) is 0 Å². The Balaban J connectivity index is 1.19. The van der Waals surface area contributed by atoms with Gasteiger partial charge in [-0.15, -0.1) is 0 Å². The minimum atomic E-state index is -0.114. The Kier molecular flexibility index (Phi) is 4.65. The third kappa shape index (κ3) is 3.24. The molecular weight excluding hydrogens is 398 g/mol. The first-order valence-electron chi connectivity index (χ1n) is 11.5. The lowest BCUT2D eigenvalue weighted by atomic mass is 9.79. The molecule has 2 atom stereocenters. The molecule has 3 aliphatic rings. The van der Waals surface area contributed by atoms with E-state index < -0.39 is 0 Å². The SMILES string of the molecule is CC1C(NC(=O)c2ccc(-c3ccc(-c4c[nH]c5ccccc45)cc3)o2)C2CCN1CC2. The molecule has 5 heterocycles. The van der Waals surface area contributed by atoms with Gasteiger partial charge in [0.1, 0.15) is 5.76 Å². The van der Waals surface area contributed by atoms with E-state index >= 15 is 0 Å². The molecule has 162 valence electrons. The first kappa shape index (κ1) is 19.4. The lowest BCUT2D eigenvalue weighted by molar-refractivity contribution is 0.0211. The van der Waals surface area contributed by atoms with E-state index in [1.54, 1.807) is 6.07 Å². The number of aromatic nitrogens is 1. The smallest absolute Gasteiger partial charge is 0.287 e. The van der Waals surface area contributed by atoms with Crippen LogP contribution in [0.1, 0.15) is 30.3 Å². The number of hydrogen-bond donors (Lipinski definition) is 2. The second kappa shape index (κ2) is 7.68. The molecule has 2 unspecified atom stereocenters. The molecule has 3 aliphatic heterocycles. The zero-order valence-corrected chi connectivity index (χ0v) is 18.2. The highest BCUT2D eigenvalue weighted by atomic mass is 16.3. The number of carbonyl (C=O) groups excluding carboxylic acids is 1. The molecule has 32 heavy (non-hydrogen) atoms. The van der Waals surface area contributed by atoms with Crippen LogP contribution in [0, 0.1) is 5.92 Å². The summed E-state index contributed by atoms with van der Waals surface area (Å²) in [5, 5.41) is 4.46. The van der Waals surface area contributed by atoms with Gasteiger partial charge in [0.15, 0.2) is 5.76 Å². The van der Waals surface area contributed by atoms with Crippen LogP contribution in [-0.4, -0.2) is 41.0 Å². The highest BCUT2D eigenvalue weighted by molar-refractivity contribution is 5.96. The molecule has 2 N–H and O–H groups in total. The van der Waals surface area contributed by atoms with E-state index in [1.807, 2.05) is 30.5 Å². The van der Waals surface area contributed by atoms with E-state index in [-0.39, 0.29) is 11.9 Å². The number of piperidine rings is 3. The first-order valence-corrected chi connectivity index (χ1v) is 11.5. The van der Waals surface area contributed by atoms with Gasteiger partial charge in [0, 0.05) is 40.3 Å². The number of hydrogen-bond acceptors (Lipinski definition) is 3. The Morgan fingerprint density at radius 1 is 1.00 bits per heavy atom. The molecule has 3 saturated heterocycles. The Morgan fingerprint density at radius 2 is 1.75 bits per heavy atom. The molecule has 2 aromatic heterocycles. The topological polar surface area (TPSA) is 61.3 Å². The van der Waals surface area contributed by atoms with Gasteiger partial charge in [0.2, 0.25) is 0 Å². The summed E-state index contributed by atoms with van der Waals surface area (Å²) in [6.07, 6.45) is 4.38. The van der Waals surface area contributed by atoms with Gasteiger partial charge in [-0.1, -0.05) is 42.5 Å². The molecule has 0 spiro atoms. The summed E-state index contributed by atoms with van der Waals surface area (Å²) in [6, 6.07) is 20.9. The van der Waals surface area contributed by atoms with Crippen LogP contribution in [0.15, 0.2) is 71.3 Å². The average Bonchev–Trinajstić information content (AvgIpc) is 3.50. The Hall–Kier alpha value is -3.31. The van der Waals surface area contributed by atoms with Crippen molar-refractivity contribution >= 4 is 16.8 Å². The zero-order chi connectivity index (χ0) is 21.7. The third-order valence-electron chi connectivity index (χ3n) is 7.37. The Morgan fingerprint density at radius 3 is 2.53 bits per heavy atom. The van der Waals surface area contributed by atoms with E-state index in [2.05, 4.69) is 52.5 Å². The monoisotopic (exact) mass is 425 g/mol. The van der Waals surface area contributed by atoms with Crippen molar-refractivity contribution in [2.24, 2.45) is 5.92 Å². The summed E-state index contributed by atoms with van der Waals surface area (Å²) in [6.45, 7) is 4.52. The number of nitrogens with one attached hydrogen (secondary N) is 2. The fourth-order valence-electron chi connectivity index (χ4n) is 5.51. The van der Waals surface area contributed by atoms with Crippen molar-refractivity contribution in [1.82, 2.24) is 15.2 Å². The number of fused-ring (bicyclic) bond motifs is 4. The maximum atomic E-state index is 12.9. The van der Waals surface area contributed by atoms with E-state index in [0.29, 0.717) is 23.5 Å². The van der Waals surface area contributed by atoms with Gasteiger partial charge in [-0.25, -0.2) is 0 Å². The molecule has 7 rings (SSSR count). The largest absolute Gasteiger partial charge is 0.451 e. The van der Waals surface area contributed by atoms with E-state index in [0.717, 1.165) is 29.7 Å². The molecule has 4 aromatic rings. The van der Waals surface area contributed by atoms with Crippen molar-refractivity contribution in [1.29, 1.82) is 0 Å². The highest BCUT2D eigenvalue weighted by Crippen LogP contribution is 2.33. The maximum Gasteiger partial charge on any atom is 0.287 e. The van der Waals surface area contributed by atoms with Crippen LogP contribution in [0.2, 0.25) is 0 Å². The highest BCUT2D eigenvalue weighted by Gasteiger charge is 2.40. The molecule has 0 saturated carbocycles. The van der Waals surface area contributed by atoms with Crippen LogP contribution < -0.4 is 5.32 Å². The molecule has 2 bridgehead atoms. The molecule has 0 aliphatic carbocycles. The lowest BCUT2D eigenvalue weighted by Gasteiger charge is -2.49. The predicted molar refractivity (Wildman–Crippen MR) is 126 cm³/mol. The van der Waals surface area contributed by atoms with Crippen molar-refractivity contribution < 1.29 is 9.21 Å². The fraction of sp³-hybridized carbons (Fsp3) is 0.296. The summed E-state index contributed by atoms with van der Waals surface area (Å²) in [5.74, 6) is 1.55. The van der Waals surface area contributed by atoms with E-state index in [4.69, 9.17) is 4.42 Å². The maximum absolute atomic E-state index is 12.9. The van der Waals surface area contributed by atoms with Crippen LogP contribution in [0.5, 0.6) is 0 Å². The summed E-state index contributed by atoms with van der Waals surface area (Å²) < 4.78 is 5.96. The molecule has 0 radical (unpaired) electrons. The van der Waals surface area contributed by atoms with Gasteiger partial charge >= 0.3 is 0 Å². The van der Waals surface area contributed by atoms with Crippen molar-refractivity contribution in [3.8, 4) is 22.5 Å². The lowest BCUT2D eigenvalue weighted by Crippen LogP contribution is -2.62. The minimum absolute atomic E-state index is 0.114. The minimum Gasteiger partial charge on any atom is -0.451 e. The fourth-order valence-corrected chi connectivity index (χ4v) is 5.51. The van der Waals surface area contributed by atoms with Crippen molar-refractivity contribution in [3.05, 3.63) is 72.6 Å². The zero-order valence-electron chi connectivity index (χ0n) is 18.2. The number of H-pyrrole nitrogens is 1. The second-order valence-corrected chi connectivity index (χ2v) is 9.10. The molecule has 3 fully saturated rings. The molecule has 2 aromatic carbocycles. The summed E-state index contributed by atoms with van der Waals surface area (Å²) in [4.78, 5) is 18.7. The number of rotatable bonds is 4. The average molecular weight is 426 g/mol. The molecule has 5 nitrogen and oxygen atoms in total. The number of aromatic amines is 1. The standard InChI is InChI=1S/C27H27N3O2/c1-17-26(20-12-14-30(17)15-13-20)29-27(31)25-11-10-24(32-25)19-8-6-18(7-9-19)22-16-28-23-5-3-2-4-21(22)23/h2-11,16-17,20,26,28H,12-15H2,1H3,(H,29,31). The molecule has 1 amide bonds. The van der Waals surface area contributed by atoms with E-state index in [1.165, 1.54) is 23.8 Å². The third-order valence-corrected chi connectivity index (χ3v) is 7.37. The van der Waals surface area contributed by atoms with Gasteiger partial charge in [-0.2, -0.15) is 0 Å². The predicted octanol–water partition coefficient (Wildman–Crippen LogP) is 5.31. The first-order chi connectivity index (χ1) is 15.7. The number of carbonyl (C=O) groups is 1. The van der Waals surface area contributed by atoms with Crippen LogP contribution in [-0.2, 0) is 0 Å². The number of para-hydroxylation sites is 1. The Labute approximate surface area is 187 Å². The summed E-state index contributed by atoms with van der Waals surface area (Å²) >= 11 is 0. The van der Waals surface area contributed by atoms with Crippen LogP contribution in [0.3, 0.4) is 0 Å². The number of benzene rings is 2. The van der Waals surface area contributed by atoms with E-state index in [9.17, 15) is 4.79 Å². The molecule has 5 heteroatoms. The summed E-state index contributed by atoms with van der Waals surface area (Å²) in [7, 11) is 0. The number of nitrogens with zero attached hydrogens (tertiary/aromatic N) is 1. The number of amides is 1. The number of furan rings is 1. The molecular formula is C27H27N3O2. The normalized spacial score (nSPS) is 24.7. The van der Waals surface area contributed by atoms with Crippen LogP contribution >= 0.6 is 0 Å². The van der Waals surface area contributed by atoms with Gasteiger partial charge in [-0.3, -0.25) is 9.69 Å². The quantitative estimate of drug-likeness (QED) is 0.466. The van der Waals surface area contributed by atoms with Gasteiger partial charge in [-0.05, 0) is 62.5 Å². The van der Waals surface area contributed by atoms with Gasteiger partial charge < -0.3 is 14.7 Å². The van der Waals surface area contributed by atoms with Crippen molar-refractivity contribution in [3.63, 3.8) is 0 Å². The van der Waals surface area contributed by atoms with Crippen LogP contribution in [0.4, 0.5) is 0 Å². The van der Waals surface area contributed by atoms with Crippen molar-refractivity contribution in [2.75, 3.05) is 13.1 Å². The Bertz CT molecular complexity index is 1260. The van der Waals surface area contributed by atoms with Crippen molar-refractivity contribution in [2.45, 2.75) is 31.8 Å². The van der Waals surface area contributed by atoms with Crippen LogP contribution in [0.25, 0.3) is 33.4 Å².